The zero-order valence-corrected chi connectivity index (χ0v) is 13.3. The summed E-state index contributed by atoms with van der Waals surface area (Å²) in [7, 11) is 0. The minimum Gasteiger partial charge on any atom is -0.247 e. The number of rotatable bonds is 1. The summed E-state index contributed by atoms with van der Waals surface area (Å²) in [6, 6.07) is 20.9. The van der Waals surface area contributed by atoms with Crippen molar-refractivity contribution in [3.8, 4) is 11.3 Å². The minimum atomic E-state index is 0.760. The maximum absolute atomic E-state index is 6.17. The van der Waals surface area contributed by atoms with E-state index in [1.54, 1.807) is 0 Å². The number of hydrogen-bond donors (Lipinski definition) is 0. The van der Waals surface area contributed by atoms with Crippen molar-refractivity contribution in [1.82, 2.24) is 4.98 Å². The van der Waals surface area contributed by atoms with Gasteiger partial charge in [-0.25, -0.2) is 4.98 Å². The quantitative estimate of drug-likeness (QED) is 0.404. The van der Waals surface area contributed by atoms with Crippen LogP contribution in [-0.4, -0.2) is 4.98 Å². The molecular weight excluding hydrogens is 302 g/mol. The van der Waals surface area contributed by atoms with Crippen molar-refractivity contribution in [3.63, 3.8) is 0 Å². The Kier molecular flexibility index (Phi) is 2.74. The smallest absolute Gasteiger partial charge is 0.0745 e. The molecule has 0 fully saturated rings. The van der Waals surface area contributed by atoms with E-state index in [0.29, 0.717) is 0 Å². The predicted octanol–water partition coefficient (Wildman–Crippen LogP) is 5.81. The van der Waals surface area contributed by atoms with Crippen LogP contribution >= 0.6 is 11.6 Å². The molecule has 1 aliphatic rings. The Hall–Kier alpha value is -2.38. The van der Waals surface area contributed by atoms with Gasteiger partial charge in [-0.1, -0.05) is 54.1 Å². The Morgan fingerprint density at radius 2 is 1.70 bits per heavy atom. The Balaban J connectivity index is 1.88. The fourth-order valence-corrected chi connectivity index (χ4v) is 3.84. The molecule has 0 unspecified atom stereocenters. The molecule has 3 aromatic carbocycles. The van der Waals surface area contributed by atoms with E-state index in [-0.39, 0.29) is 0 Å². The summed E-state index contributed by atoms with van der Waals surface area (Å²) in [5.41, 5.74) is 6.13. The van der Waals surface area contributed by atoms with Crippen LogP contribution in [0.2, 0.25) is 5.02 Å². The van der Waals surface area contributed by atoms with Gasteiger partial charge in [0.05, 0.1) is 11.2 Å². The van der Waals surface area contributed by atoms with Crippen LogP contribution in [0.15, 0.2) is 60.7 Å². The van der Waals surface area contributed by atoms with Crippen LogP contribution in [0.5, 0.6) is 0 Å². The average Bonchev–Trinajstić information content (AvgIpc) is 2.54. The molecule has 1 heterocycles. The van der Waals surface area contributed by atoms with Gasteiger partial charge < -0.3 is 0 Å². The Morgan fingerprint density at radius 1 is 0.826 bits per heavy atom. The van der Waals surface area contributed by atoms with Crippen molar-refractivity contribution < 1.29 is 0 Å². The highest BCUT2D eigenvalue weighted by atomic mass is 35.5. The van der Waals surface area contributed by atoms with Gasteiger partial charge in [0.1, 0.15) is 0 Å². The third-order valence-corrected chi connectivity index (χ3v) is 5.05. The first-order chi connectivity index (χ1) is 11.3. The summed E-state index contributed by atoms with van der Waals surface area (Å²) in [6.45, 7) is 0. The summed E-state index contributed by atoms with van der Waals surface area (Å²) in [6.07, 6.45) is 2.24. The van der Waals surface area contributed by atoms with Crippen LogP contribution in [-0.2, 0) is 12.8 Å². The fraction of sp³-hybridized carbons (Fsp3) is 0.0952. The van der Waals surface area contributed by atoms with Crippen molar-refractivity contribution in [2.24, 2.45) is 0 Å². The molecular formula is C21H14ClN. The van der Waals surface area contributed by atoms with Crippen molar-refractivity contribution in [3.05, 3.63) is 76.8 Å². The third kappa shape index (κ3) is 1.90. The Morgan fingerprint density at radius 3 is 2.52 bits per heavy atom. The first kappa shape index (κ1) is 13.1. The topological polar surface area (TPSA) is 12.9 Å². The second-order valence-corrected chi connectivity index (χ2v) is 6.55. The maximum Gasteiger partial charge on any atom is 0.0745 e. The van der Waals surface area contributed by atoms with Crippen molar-refractivity contribution in [2.45, 2.75) is 12.8 Å². The second kappa shape index (κ2) is 4.81. The molecule has 0 radical (unpaired) electrons. The van der Waals surface area contributed by atoms with Crippen LogP contribution in [0.4, 0.5) is 0 Å². The number of benzene rings is 3. The number of aryl methyl sites for hydroxylation is 1. The minimum absolute atomic E-state index is 0.760. The lowest BCUT2D eigenvalue weighted by Gasteiger charge is -2.25. The van der Waals surface area contributed by atoms with Gasteiger partial charge in [0.15, 0.2) is 0 Å². The first-order valence-corrected chi connectivity index (χ1v) is 8.28. The van der Waals surface area contributed by atoms with Crippen LogP contribution in [0.25, 0.3) is 32.9 Å². The van der Waals surface area contributed by atoms with Crippen LogP contribution in [0.1, 0.15) is 11.1 Å². The predicted molar refractivity (Wildman–Crippen MR) is 97.1 cm³/mol. The van der Waals surface area contributed by atoms with Gasteiger partial charge in [-0.3, -0.25) is 0 Å². The van der Waals surface area contributed by atoms with E-state index in [4.69, 9.17) is 16.6 Å². The summed E-state index contributed by atoms with van der Waals surface area (Å²) < 4.78 is 0. The van der Waals surface area contributed by atoms with Gasteiger partial charge in [0, 0.05) is 16.0 Å². The molecule has 110 valence electrons. The van der Waals surface area contributed by atoms with Gasteiger partial charge >= 0.3 is 0 Å². The molecule has 0 aliphatic heterocycles. The van der Waals surface area contributed by atoms with Gasteiger partial charge in [-0.05, 0) is 52.9 Å². The van der Waals surface area contributed by atoms with Crippen molar-refractivity contribution in [1.29, 1.82) is 0 Å². The highest BCUT2D eigenvalue weighted by Crippen LogP contribution is 2.40. The highest BCUT2D eigenvalue weighted by molar-refractivity contribution is 6.30. The molecule has 0 atom stereocenters. The lowest BCUT2D eigenvalue weighted by Crippen LogP contribution is -2.13. The molecule has 0 spiro atoms. The molecule has 2 heteroatoms. The molecule has 1 aromatic heterocycles. The normalized spacial score (nSPS) is 13.1. The summed E-state index contributed by atoms with van der Waals surface area (Å²) in [5, 5.41) is 4.68. The molecule has 0 amide bonds. The Bertz CT molecular complexity index is 1080. The van der Waals surface area contributed by atoms with E-state index < -0.39 is 0 Å². The maximum atomic E-state index is 6.17. The molecule has 23 heavy (non-hydrogen) atoms. The van der Waals surface area contributed by atoms with E-state index in [0.717, 1.165) is 34.6 Å². The zero-order chi connectivity index (χ0) is 15.4. The zero-order valence-electron chi connectivity index (χ0n) is 12.5. The van der Waals surface area contributed by atoms with Crippen LogP contribution in [0, 0.1) is 0 Å². The number of fused-ring (bicyclic) bond motifs is 5. The summed E-state index contributed by atoms with van der Waals surface area (Å²) in [5.74, 6) is 0. The van der Waals surface area contributed by atoms with Gasteiger partial charge in [0.2, 0.25) is 0 Å². The van der Waals surface area contributed by atoms with Crippen molar-refractivity contribution >= 4 is 33.3 Å². The molecule has 4 aromatic rings. The van der Waals surface area contributed by atoms with E-state index in [1.807, 2.05) is 18.2 Å². The molecule has 0 saturated heterocycles. The lowest BCUT2D eigenvalue weighted by molar-refractivity contribution is 0.847. The molecule has 0 saturated carbocycles. The second-order valence-electron chi connectivity index (χ2n) is 6.11. The highest BCUT2D eigenvalue weighted by Gasteiger charge is 2.24. The lowest BCUT2D eigenvalue weighted by atomic mass is 9.81. The first-order valence-electron chi connectivity index (χ1n) is 7.90. The van der Waals surface area contributed by atoms with E-state index in [2.05, 4.69) is 42.5 Å². The molecule has 0 bridgehead atoms. The van der Waals surface area contributed by atoms with Crippen molar-refractivity contribution in [2.75, 3.05) is 0 Å². The van der Waals surface area contributed by atoms with Gasteiger partial charge in [0.25, 0.3) is 0 Å². The monoisotopic (exact) mass is 315 g/mol. The van der Waals surface area contributed by atoms with E-state index >= 15 is 0 Å². The number of pyridine rings is 1. The molecule has 1 nitrogen and oxygen atoms in total. The summed E-state index contributed by atoms with van der Waals surface area (Å²) in [4.78, 5) is 4.99. The van der Waals surface area contributed by atoms with E-state index in [1.165, 1.54) is 27.3 Å². The largest absolute Gasteiger partial charge is 0.247 e. The van der Waals surface area contributed by atoms with E-state index in [9.17, 15) is 0 Å². The van der Waals surface area contributed by atoms with Gasteiger partial charge in [-0.15, -0.1) is 0 Å². The third-order valence-electron chi connectivity index (χ3n) is 4.81. The molecule has 1 aliphatic carbocycles. The van der Waals surface area contributed by atoms with Gasteiger partial charge in [-0.2, -0.15) is 0 Å². The number of hydrogen-bond acceptors (Lipinski definition) is 1. The average molecular weight is 316 g/mol. The number of nitrogens with zero attached hydrogens (tertiary/aromatic N) is 1. The van der Waals surface area contributed by atoms with Crippen LogP contribution in [0.3, 0.4) is 0 Å². The Labute approximate surface area is 139 Å². The summed E-state index contributed by atoms with van der Waals surface area (Å²) >= 11 is 6.17. The number of aromatic nitrogens is 1. The fourth-order valence-electron chi connectivity index (χ4n) is 3.65. The molecule has 5 rings (SSSR count). The standard InChI is InChI=1S/C21H14ClN/c22-15-6-3-5-14(12-15)21-18-10-9-17(18)20-16-7-2-1-4-13(16)8-11-19(20)23-21/h1-8,11-12H,9-10H2. The molecule has 0 N–H and O–H groups in total. The number of halogens is 1. The van der Waals surface area contributed by atoms with Crippen LogP contribution < -0.4 is 0 Å². The SMILES string of the molecule is Clc1cccc(-c2nc3ccc4ccccc4c3c3c2CC3)c1.